The van der Waals surface area contributed by atoms with Gasteiger partial charge in [0.25, 0.3) is 0 Å². The zero-order valence-electron chi connectivity index (χ0n) is 10.5. The number of rotatable bonds is 3. The maximum absolute atomic E-state index is 5.70. The molecular weight excluding hydrogens is 238 g/mol. The van der Waals surface area contributed by atoms with Crippen LogP contribution in [0.1, 0.15) is 0 Å². The molecule has 19 heavy (non-hydrogen) atoms. The molecule has 0 spiro atoms. The lowest BCUT2D eigenvalue weighted by atomic mass is 10.2. The normalized spacial score (nSPS) is 10.4. The van der Waals surface area contributed by atoms with E-state index in [0.717, 1.165) is 22.4 Å². The Labute approximate surface area is 111 Å². The Bertz CT molecular complexity index is 695. The van der Waals surface area contributed by atoms with E-state index in [1.54, 1.807) is 7.11 Å². The molecule has 1 aromatic heterocycles. The summed E-state index contributed by atoms with van der Waals surface area (Å²) in [7, 11) is 1.65. The highest BCUT2D eigenvalue weighted by molar-refractivity contribution is 5.80. The molecule has 1 heterocycles. The third kappa shape index (κ3) is 2.50. The lowest BCUT2D eigenvalue weighted by Gasteiger charge is -2.06. The van der Waals surface area contributed by atoms with Gasteiger partial charge in [-0.3, -0.25) is 0 Å². The van der Waals surface area contributed by atoms with Crippen LogP contribution in [0.2, 0.25) is 0 Å². The summed E-state index contributed by atoms with van der Waals surface area (Å²) < 4.78 is 10.9. The minimum Gasteiger partial charge on any atom is -0.497 e. The summed E-state index contributed by atoms with van der Waals surface area (Å²) in [6.07, 6.45) is 0. The van der Waals surface area contributed by atoms with Crippen molar-refractivity contribution < 1.29 is 9.47 Å². The Morgan fingerprint density at radius 3 is 2.47 bits per heavy atom. The predicted molar refractivity (Wildman–Crippen MR) is 74.8 cm³/mol. The van der Waals surface area contributed by atoms with Gasteiger partial charge in [0, 0.05) is 11.5 Å². The second-order valence-electron chi connectivity index (χ2n) is 4.12. The van der Waals surface area contributed by atoms with E-state index in [9.17, 15) is 0 Å². The molecule has 3 aromatic rings. The molecule has 0 N–H and O–H groups in total. The fourth-order valence-corrected chi connectivity index (χ4v) is 1.88. The van der Waals surface area contributed by atoms with Gasteiger partial charge in [-0.2, -0.15) is 0 Å². The topological polar surface area (TPSA) is 31.4 Å². The van der Waals surface area contributed by atoms with E-state index in [2.05, 4.69) is 4.98 Å². The molecular formula is C16H13NO2. The van der Waals surface area contributed by atoms with Crippen molar-refractivity contribution in [2.24, 2.45) is 0 Å². The number of para-hydroxylation sites is 1. The number of fused-ring (bicyclic) bond motifs is 1. The number of pyridine rings is 1. The van der Waals surface area contributed by atoms with Gasteiger partial charge in [0.15, 0.2) is 0 Å². The van der Waals surface area contributed by atoms with E-state index >= 15 is 0 Å². The van der Waals surface area contributed by atoms with Gasteiger partial charge >= 0.3 is 0 Å². The Balaban J connectivity index is 1.94. The summed E-state index contributed by atoms with van der Waals surface area (Å²) in [5.41, 5.74) is 0.884. The van der Waals surface area contributed by atoms with Crippen LogP contribution in [0.15, 0.2) is 60.7 Å². The van der Waals surface area contributed by atoms with Crippen LogP contribution in [-0.4, -0.2) is 12.1 Å². The Morgan fingerprint density at radius 1 is 0.842 bits per heavy atom. The van der Waals surface area contributed by atoms with Gasteiger partial charge in [-0.15, -0.1) is 0 Å². The van der Waals surface area contributed by atoms with Gasteiger partial charge in [-0.25, -0.2) is 4.98 Å². The molecule has 3 heteroatoms. The van der Waals surface area contributed by atoms with Crippen LogP contribution in [0.5, 0.6) is 17.4 Å². The average molecular weight is 251 g/mol. The standard InChI is InChI=1S/C16H13NO2/c1-18-14-8-9-15-12(11-14)7-10-16(17-15)19-13-5-3-2-4-6-13/h2-11H,1H3. The van der Waals surface area contributed by atoms with Crippen molar-refractivity contribution in [2.45, 2.75) is 0 Å². The number of aromatic nitrogens is 1. The molecule has 0 bridgehead atoms. The molecule has 3 nitrogen and oxygen atoms in total. The third-order valence-electron chi connectivity index (χ3n) is 2.84. The van der Waals surface area contributed by atoms with Gasteiger partial charge in [-0.05, 0) is 36.4 Å². The van der Waals surface area contributed by atoms with E-state index in [0.29, 0.717) is 5.88 Å². The van der Waals surface area contributed by atoms with Crippen molar-refractivity contribution in [3.8, 4) is 17.4 Å². The van der Waals surface area contributed by atoms with E-state index in [-0.39, 0.29) is 0 Å². The summed E-state index contributed by atoms with van der Waals surface area (Å²) in [6, 6.07) is 19.2. The van der Waals surface area contributed by atoms with Crippen molar-refractivity contribution in [1.29, 1.82) is 0 Å². The van der Waals surface area contributed by atoms with Crippen LogP contribution in [0.3, 0.4) is 0 Å². The zero-order valence-corrected chi connectivity index (χ0v) is 10.5. The molecule has 0 fully saturated rings. The summed E-state index contributed by atoms with van der Waals surface area (Å²) >= 11 is 0. The number of hydrogen-bond acceptors (Lipinski definition) is 3. The van der Waals surface area contributed by atoms with Gasteiger partial charge in [0.2, 0.25) is 5.88 Å². The van der Waals surface area contributed by atoms with Crippen LogP contribution in [0.25, 0.3) is 10.9 Å². The van der Waals surface area contributed by atoms with Gasteiger partial charge < -0.3 is 9.47 Å². The van der Waals surface area contributed by atoms with E-state index in [1.807, 2.05) is 60.7 Å². The van der Waals surface area contributed by atoms with Crippen molar-refractivity contribution in [2.75, 3.05) is 7.11 Å². The number of ether oxygens (including phenoxy) is 2. The molecule has 0 radical (unpaired) electrons. The van der Waals surface area contributed by atoms with Crippen LogP contribution in [0.4, 0.5) is 0 Å². The fourth-order valence-electron chi connectivity index (χ4n) is 1.88. The van der Waals surface area contributed by atoms with Gasteiger partial charge in [0.1, 0.15) is 11.5 Å². The molecule has 0 aliphatic carbocycles. The highest BCUT2D eigenvalue weighted by Crippen LogP contribution is 2.24. The first-order chi connectivity index (χ1) is 9.35. The highest BCUT2D eigenvalue weighted by atomic mass is 16.5. The smallest absolute Gasteiger partial charge is 0.219 e. The number of methoxy groups -OCH3 is 1. The predicted octanol–water partition coefficient (Wildman–Crippen LogP) is 4.04. The van der Waals surface area contributed by atoms with Crippen molar-refractivity contribution >= 4 is 10.9 Å². The zero-order chi connectivity index (χ0) is 13.1. The molecule has 0 aliphatic rings. The summed E-state index contributed by atoms with van der Waals surface area (Å²) in [6.45, 7) is 0. The number of hydrogen-bond donors (Lipinski definition) is 0. The maximum atomic E-state index is 5.70. The summed E-state index contributed by atoms with van der Waals surface area (Å²) in [5.74, 6) is 2.19. The molecule has 0 amide bonds. The summed E-state index contributed by atoms with van der Waals surface area (Å²) in [5, 5.41) is 1.03. The molecule has 0 saturated heterocycles. The fraction of sp³-hybridized carbons (Fsp3) is 0.0625. The van der Waals surface area contributed by atoms with Crippen molar-refractivity contribution in [1.82, 2.24) is 4.98 Å². The molecule has 0 atom stereocenters. The monoisotopic (exact) mass is 251 g/mol. The van der Waals surface area contributed by atoms with E-state index in [1.165, 1.54) is 0 Å². The highest BCUT2D eigenvalue weighted by Gasteiger charge is 2.02. The molecule has 0 aliphatic heterocycles. The minimum absolute atomic E-state index is 0.587. The second-order valence-corrected chi connectivity index (χ2v) is 4.12. The lowest BCUT2D eigenvalue weighted by Crippen LogP contribution is -1.89. The number of benzene rings is 2. The number of nitrogens with zero attached hydrogens (tertiary/aromatic N) is 1. The van der Waals surface area contributed by atoms with Crippen LogP contribution < -0.4 is 9.47 Å². The van der Waals surface area contributed by atoms with Crippen LogP contribution >= 0.6 is 0 Å². The van der Waals surface area contributed by atoms with Gasteiger partial charge in [-0.1, -0.05) is 18.2 Å². The van der Waals surface area contributed by atoms with E-state index in [4.69, 9.17) is 9.47 Å². The molecule has 0 unspecified atom stereocenters. The second kappa shape index (κ2) is 4.98. The Kier molecular flexibility index (Phi) is 3.02. The molecule has 94 valence electrons. The Hall–Kier alpha value is -2.55. The minimum atomic E-state index is 0.587. The first kappa shape index (κ1) is 11.5. The van der Waals surface area contributed by atoms with Gasteiger partial charge in [0.05, 0.1) is 12.6 Å². The summed E-state index contributed by atoms with van der Waals surface area (Å²) in [4.78, 5) is 4.47. The molecule has 2 aromatic carbocycles. The average Bonchev–Trinajstić information content (AvgIpc) is 2.48. The van der Waals surface area contributed by atoms with Crippen LogP contribution in [-0.2, 0) is 0 Å². The quantitative estimate of drug-likeness (QED) is 0.704. The lowest BCUT2D eigenvalue weighted by molar-refractivity contribution is 0.415. The molecule has 3 rings (SSSR count). The largest absolute Gasteiger partial charge is 0.497 e. The maximum Gasteiger partial charge on any atom is 0.219 e. The third-order valence-corrected chi connectivity index (χ3v) is 2.84. The molecule has 0 saturated carbocycles. The first-order valence-electron chi connectivity index (χ1n) is 6.03. The van der Waals surface area contributed by atoms with Crippen molar-refractivity contribution in [3.63, 3.8) is 0 Å². The Morgan fingerprint density at radius 2 is 1.68 bits per heavy atom. The van der Waals surface area contributed by atoms with Crippen LogP contribution in [0, 0.1) is 0 Å². The SMILES string of the molecule is COc1ccc2nc(Oc3ccccc3)ccc2c1. The first-order valence-corrected chi connectivity index (χ1v) is 6.03. The van der Waals surface area contributed by atoms with Crippen molar-refractivity contribution in [3.05, 3.63) is 60.7 Å². The van der Waals surface area contributed by atoms with E-state index < -0.39 is 0 Å².